The Morgan fingerprint density at radius 1 is 1.56 bits per heavy atom. The monoisotopic (exact) mass is 241 g/mol. The SMILES string of the molecule is O=C(O)c1ccsc1NC(=O)[C@H]1CCCO1. The van der Waals surface area contributed by atoms with Crippen molar-refractivity contribution in [3.8, 4) is 0 Å². The molecule has 1 fully saturated rings. The van der Waals surface area contributed by atoms with E-state index in [2.05, 4.69) is 5.32 Å². The molecule has 1 amide bonds. The van der Waals surface area contributed by atoms with Crippen LogP contribution in [0.2, 0.25) is 0 Å². The van der Waals surface area contributed by atoms with Crippen molar-refractivity contribution >= 4 is 28.2 Å². The van der Waals surface area contributed by atoms with Gasteiger partial charge in [0.25, 0.3) is 5.91 Å². The third kappa shape index (κ3) is 2.23. The van der Waals surface area contributed by atoms with Crippen LogP contribution in [0, 0.1) is 0 Å². The van der Waals surface area contributed by atoms with Gasteiger partial charge in [0.15, 0.2) is 0 Å². The Morgan fingerprint density at radius 3 is 3.00 bits per heavy atom. The second-order valence-corrected chi connectivity index (χ2v) is 4.38. The molecule has 0 radical (unpaired) electrons. The molecule has 1 saturated heterocycles. The van der Waals surface area contributed by atoms with E-state index >= 15 is 0 Å². The Bertz CT molecular complexity index is 409. The number of amides is 1. The van der Waals surface area contributed by atoms with Gasteiger partial charge in [0, 0.05) is 6.61 Å². The molecule has 16 heavy (non-hydrogen) atoms. The van der Waals surface area contributed by atoms with E-state index in [9.17, 15) is 9.59 Å². The molecule has 5 nitrogen and oxygen atoms in total. The first-order chi connectivity index (χ1) is 7.68. The lowest BCUT2D eigenvalue weighted by molar-refractivity contribution is -0.124. The van der Waals surface area contributed by atoms with Gasteiger partial charge in [-0.25, -0.2) is 4.79 Å². The first kappa shape index (κ1) is 11.1. The Balaban J connectivity index is 2.05. The zero-order valence-corrected chi connectivity index (χ0v) is 9.25. The van der Waals surface area contributed by atoms with Gasteiger partial charge in [0.2, 0.25) is 0 Å². The highest BCUT2D eigenvalue weighted by Gasteiger charge is 2.25. The summed E-state index contributed by atoms with van der Waals surface area (Å²) in [4.78, 5) is 22.5. The van der Waals surface area contributed by atoms with Crippen molar-refractivity contribution in [2.75, 3.05) is 11.9 Å². The molecular weight excluding hydrogens is 230 g/mol. The molecule has 2 N–H and O–H groups in total. The number of nitrogens with one attached hydrogen (secondary N) is 1. The van der Waals surface area contributed by atoms with Gasteiger partial charge < -0.3 is 15.2 Å². The molecule has 0 saturated carbocycles. The number of anilines is 1. The van der Waals surface area contributed by atoms with Crippen LogP contribution in [-0.2, 0) is 9.53 Å². The van der Waals surface area contributed by atoms with Gasteiger partial charge in [-0.1, -0.05) is 0 Å². The minimum Gasteiger partial charge on any atom is -0.478 e. The van der Waals surface area contributed by atoms with Crippen LogP contribution in [-0.4, -0.2) is 29.7 Å². The largest absolute Gasteiger partial charge is 0.478 e. The summed E-state index contributed by atoms with van der Waals surface area (Å²) in [6.45, 7) is 0.592. The van der Waals surface area contributed by atoms with Gasteiger partial charge in [-0.05, 0) is 24.3 Å². The van der Waals surface area contributed by atoms with Crippen molar-refractivity contribution in [3.05, 3.63) is 17.0 Å². The predicted molar refractivity (Wildman–Crippen MR) is 58.9 cm³/mol. The van der Waals surface area contributed by atoms with E-state index in [0.29, 0.717) is 18.0 Å². The number of rotatable bonds is 3. The summed E-state index contributed by atoms with van der Waals surface area (Å²) in [6, 6.07) is 1.47. The van der Waals surface area contributed by atoms with Crippen LogP contribution in [0.25, 0.3) is 0 Å². The molecule has 0 aromatic carbocycles. The Kier molecular flexibility index (Phi) is 3.21. The number of thiophene rings is 1. The standard InChI is InChI=1S/C10H11NO4S/c12-8(7-2-1-4-15-7)11-9-6(10(13)14)3-5-16-9/h3,5,7H,1-2,4H2,(H,11,12)(H,13,14)/t7-/m1/s1. The summed E-state index contributed by atoms with van der Waals surface area (Å²) in [5, 5.41) is 13.4. The molecule has 1 aliphatic rings. The zero-order valence-electron chi connectivity index (χ0n) is 8.43. The average molecular weight is 241 g/mol. The van der Waals surface area contributed by atoms with Crippen LogP contribution in [0.15, 0.2) is 11.4 Å². The Labute approximate surface area is 96.0 Å². The molecule has 1 atom stereocenters. The number of ether oxygens (including phenoxy) is 1. The number of carboxylic acids is 1. The molecule has 86 valence electrons. The Hall–Kier alpha value is -1.40. The first-order valence-electron chi connectivity index (χ1n) is 4.91. The maximum Gasteiger partial charge on any atom is 0.338 e. The normalized spacial score (nSPS) is 19.6. The van der Waals surface area contributed by atoms with Crippen LogP contribution in [0.4, 0.5) is 5.00 Å². The summed E-state index contributed by atoms with van der Waals surface area (Å²) < 4.78 is 5.21. The zero-order chi connectivity index (χ0) is 11.5. The third-order valence-corrected chi connectivity index (χ3v) is 3.18. The van der Waals surface area contributed by atoms with E-state index in [1.165, 1.54) is 17.4 Å². The van der Waals surface area contributed by atoms with Crippen LogP contribution in [0.5, 0.6) is 0 Å². The first-order valence-corrected chi connectivity index (χ1v) is 5.79. The van der Waals surface area contributed by atoms with E-state index in [0.717, 1.165) is 6.42 Å². The van der Waals surface area contributed by atoms with Crippen molar-refractivity contribution in [2.24, 2.45) is 0 Å². The van der Waals surface area contributed by atoms with Crippen LogP contribution in [0.1, 0.15) is 23.2 Å². The number of carbonyl (C=O) groups is 2. The maximum atomic E-state index is 11.7. The van der Waals surface area contributed by atoms with Crippen LogP contribution >= 0.6 is 11.3 Å². The number of carboxylic acid groups (broad SMARTS) is 1. The molecule has 1 aromatic heterocycles. The van der Waals surface area contributed by atoms with Crippen molar-refractivity contribution in [2.45, 2.75) is 18.9 Å². The highest BCUT2D eigenvalue weighted by atomic mass is 32.1. The van der Waals surface area contributed by atoms with Crippen molar-refractivity contribution < 1.29 is 19.4 Å². The van der Waals surface area contributed by atoms with E-state index in [1.54, 1.807) is 5.38 Å². The second kappa shape index (κ2) is 4.63. The number of hydrogen-bond donors (Lipinski definition) is 2. The van der Waals surface area contributed by atoms with Crippen molar-refractivity contribution in [1.82, 2.24) is 0 Å². The molecule has 0 unspecified atom stereocenters. The summed E-state index contributed by atoms with van der Waals surface area (Å²) in [5.74, 6) is -1.30. The molecule has 2 rings (SSSR count). The molecule has 1 aliphatic heterocycles. The summed E-state index contributed by atoms with van der Waals surface area (Å²) in [7, 11) is 0. The quantitative estimate of drug-likeness (QED) is 0.842. The fourth-order valence-electron chi connectivity index (χ4n) is 1.55. The summed E-state index contributed by atoms with van der Waals surface area (Å²) >= 11 is 1.20. The average Bonchev–Trinajstić information content (AvgIpc) is 2.86. The van der Waals surface area contributed by atoms with Crippen LogP contribution < -0.4 is 5.32 Å². The fraction of sp³-hybridized carbons (Fsp3) is 0.400. The number of aromatic carboxylic acids is 1. The minimum atomic E-state index is -1.04. The van der Waals surface area contributed by atoms with Crippen molar-refractivity contribution in [1.29, 1.82) is 0 Å². The molecule has 2 heterocycles. The fourth-order valence-corrected chi connectivity index (χ4v) is 2.33. The highest BCUT2D eigenvalue weighted by Crippen LogP contribution is 2.24. The number of carbonyl (C=O) groups excluding carboxylic acids is 1. The van der Waals surface area contributed by atoms with Gasteiger partial charge in [-0.15, -0.1) is 11.3 Å². The summed E-state index contributed by atoms with van der Waals surface area (Å²) in [6.07, 6.45) is 1.12. The van der Waals surface area contributed by atoms with Crippen molar-refractivity contribution in [3.63, 3.8) is 0 Å². The second-order valence-electron chi connectivity index (χ2n) is 3.46. The molecule has 0 bridgehead atoms. The molecule has 0 spiro atoms. The lowest BCUT2D eigenvalue weighted by Crippen LogP contribution is -2.27. The smallest absolute Gasteiger partial charge is 0.338 e. The van der Waals surface area contributed by atoms with E-state index in [4.69, 9.17) is 9.84 Å². The van der Waals surface area contributed by atoms with E-state index < -0.39 is 12.1 Å². The molecule has 0 aliphatic carbocycles. The number of hydrogen-bond acceptors (Lipinski definition) is 4. The van der Waals surface area contributed by atoms with Gasteiger partial charge in [0.1, 0.15) is 11.1 Å². The maximum absolute atomic E-state index is 11.7. The molecule has 1 aromatic rings. The van der Waals surface area contributed by atoms with Gasteiger partial charge in [0.05, 0.1) is 5.56 Å². The van der Waals surface area contributed by atoms with Crippen LogP contribution in [0.3, 0.4) is 0 Å². The molecular formula is C10H11NO4S. The topological polar surface area (TPSA) is 75.6 Å². The van der Waals surface area contributed by atoms with Gasteiger partial charge in [-0.2, -0.15) is 0 Å². The van der Waals surface area contributed by atoms with E-state index in [-0.39, 0.29) is 11.5 Å². The van der Waals surface area contributed by atoms with E-state index in [1.807, 2.05) is 0 Å². The third-order valence-electron chi connectivity index (χ3n) is 2.35. The minimum absolute atomic E-state index is 0.122. The van der Waals surface area contributed by atoms with Gasteiger partial charge >= 0.3 is 5.97 Å². The summed E-state index contributed by atoms with van der Waals surface area (Å²) in [5.41, 5.74) is 0.122. The predicted octanol–water partition coefficient (Wildman–Crippen LogP) is 1.56. The lowest BCUT2D eigenvalue weighted by atomic mass is 10.2. The highest BCUT2D eigenvalue weighted by molar-refractivity contribution is 7.14. The molecule has 6 heteroatoms. The lowest BCUT2D eigenvalue weighted by Gasteiger charge is -2.09. The van der Waals surface area contributed by atoms with Gasteiger partial charge in [-0.3, -0.25) is 4.79 Å². The Morgan fingerprint density at radius 2 is 2.38 bits per heavy atom.